The van der Waals surface area contributed by atoms with Gasteiger partial charge in [0, 0.05) is 26.7 Å². The van der Waals surface area contributed by atoms with Crippen LogP contribution < -0.4 is 5.32 Å². The highest BCUT2D eigenvalue weighted by molar-refractivity contribution is 5.76. The van der Waals surface area contributed by atoms with Crippen molar-refractivity contribution in [1.82, 2.24) is 10.2 Å². The molecule has 0 aromatic carbocycles. The summed E-state index contributed by atoms with van der Waals surface area (Å²) in [6, 6.07) is -0.546. The zero-order valence-corrected chi connectivity index (χ0v) is 12.5. The van der Waals surface area contributed by atoms with Gasteiger partial charge < -0.3 is 20.1 Å². The fraction of sp³-hybridized carbons (Fsp3) is 0.846. The maximum Gasteiger partial charge on any atom is 0.414 e. The molecule has 6 nitrogen and oxygen atoms in total. The van der Waals surface area contributed by atoms with E-state index in [-0.39, 0.29) is 19.0 Å². The maximum absolute atomic E-state index is 12.5. The van der Waals surface area contributed by atoms with Gasteiger partial charge in [0.1, 0.15) is 0 Å². The Morgan fingerprint density at radius 2 is 2.05 bits per heavy atom. The van der Waals surface area contributed by atoms with Crippen LogP contribution in [0.4, 0.5) is 18.0 Å². The van der Waals surface area contributed by atoms with Crippen LogP contribution in [-0.4, -0.2) is 61.0 Å². The van der Waals surface area contributed by atoms with E-state index in [1.165, 1.54) is 4.90 Å². The standard InChI is InChI=1S/C13H21F3N2O4/c1-8-5-9(11(19)20)7-18(6-8)12(21)17-4-3-10(22-2)13(14,15)16/h8-10H,3-7H2,1-2H3,(H,17,21)(H,19,20). The minimum atomic E-state index is -4.48. The summed E-state index contributed by atoms with van der Waals surface area (Å²) in [5.74, 6) is -1.58. The van der Waals surface area contributed by atoms with Crippen molar-refractivity contribution in [2.45, 2.75) is 32.0 Å². The van der Waals surface area contributed by atoms with Crippen molar-refractivity contribution in [3.05, 3.63) is 0 Å². The lowest BCUT2D eigenvalue weighted by Crippen LogP contribution is -2.50. The van der Waals surface area contributed by atoms with Crippen LogP contribution in [0, 0.1) is 11.8 Å². The smallest absolute Gasteiger partial charge is 0.414 e. The fourth-order valence-electron chi connectivity index (χ4n) is 2.53. The lowest BCUT2D eigenvalue weighted by Gasteiger charge is -2.34. The van der Waals surface area contributed by atoms with Gasteiger partial charge in [0.25, 0.3) is 0 Å². The predicted molar refractivity (Wildman–Crippen MR) is 71.3 cm³/mol. The number of piperidine rings is 1. The van der Waals surface area contributed by atoms with Crippen molar-refractivity contribution in [2.75, 3.05) is 26.7 Å². The molecule has 1 fully saturated rings. The van der Waals surface area contributed by atoms with E-state index in [0.29, 0.717) is 13.0 Å². The summed E-state index contributed by atoms with van der Waals surface area (Å²) in [6.07, 6.45) is -6.32. The van der Waals surface area contributed by atoms with E-state index in [0.717, 1.165) is 7.11 Å². The monoisotopic (exact) mass is 326 g/mol. The first-order valence-corrected chi connectivity index (χ1v) is 7.00. The van der Waals surface area contributed by atoms with Crippen LogP contribution in [0.2, 0.25) is 0 Å². The first kappa shape index (κ1) is 18.5. The zero-order valence-electron chi connectivity index (χ0n) is 12.5. The van der Waals surface area contributed by atoms with Crippen LogP contribution in [0.25, 0.3) is 0 Å². The Balaban J connectivity index is 2.46. The summed E-state index contributed by atoms with van der Waals surface area (Å²) in [5, 5.41) is 11.4. The molecule has 22 heavy (non-hydrogen) atoms. The van der Waals surface area contributed by atoms with Gasteiger partial charge in [-0.3, -0.25) is 4.79 Å². The van der Waals surface area contributed by atoms with Gasteiger partial charge in [0.2, 0.25) is 0 Å². The molecule has 1 aliphatic heterocycles. The van der Waals surface area contributed by atoms with E-state index in [1.54, 1.807) is 0 Å². The molecule has 0 spiro atoms. The molecule has 9 heteroatoms. The number of urea groups is 1. The van der Waals surface area contributed by atoms with Gasteiger partial charge in [0.05, 0.1) is 5.92 Å². The second-order valence-corrected chi connectivity index (χ2v) is 5.57. The molecule has 3 atom stereocenters. The largest absolute Gasteiger partial charge is 0.481 e. The molecule has 0 radical (unpaired) electrons. The first-order valence-electron chi connectivity index (χ1n) is 7.00. The quantitative estimate of drug-likeness (QED) is 0.806. The Morgan fingerprint density at radius 3 is 2.55 bits per heavy atom. The molecule has 0 aromatic rings. The number of carbonyl (C=O) groups excluding carboxylic acids is 1. The average Bonchev–Trinajstić information content (AvgIpc) is 2.41. The number of likely N-dealkylation sites (tertiary alicyclic amines) is 1. The van der Waals surface area contributed by atoms with Gasteiger partial charge in [-0.05, 0) is 18.8 Å². The van der Waals surface area contributed by atoms with E-state index < -0.39 is 36.6 Å². The number of carbonyl (C=O) groups is 2. The minimum Gasteiger partial charge on any atom is -0.481 e. The summed E-state index contributed by atoms with van der Waals surface area (Å²) >= 11 is 0. The summed E-state index contributed by atoms with van der Waals surface area (Å²) in [7, 11) is 0.962. The minimum absolute atomic E-state index is 0.0301. The third-order valence-corrected chi connectivity index (χ3v) is 3.63. The van der Waals surface area contributed by atoms with Crippen molar-refractivity contribution < 1.29 is 32.6 Å². The molecular weight excluding hydrogens is 305 g/mol. The summed E-state index contributed by atoms with van der Waals surface area (Å²) in [4.78, 5) is 24.3. The molecule has 3 unspecified atom stereocenters. The molecule has 1 rings (SSSR count). The van der Waals surface area contributed by atoms with Crippen LogP contribution in [0.1, 0.15) is 19.8 Å². The number of halogens is 3. The maximum atomic E-state index is 12.5. The Morgan fingerprint density at radius 1 is 1.41 bits per heavy atom. The van der Waals surface area contributed by atoms with Crippen molar-refractivity contribution in [3.63, 3.8) is 0 Å². The summed E-state index contributed by atoms with van der Waals surface area (Å²) < 4.78 is 41.8. The molecule has 1 saturated heterocycles. The van der Waals surface area contributed by atoms with Gasteiger partial charge in [-0.25, -0.2) is 4.79 Å². The van der Waals surface area contributed by atoms with Crippen molar-refractivity contribution >= 4 is 12.0 Å². The summed E-state index contributed by atoms with van der Waals surface area (Å²) in [6.45, 7) is 2.10. The van der Waals surface area contributed by atoms with E-state index in [2.05, 4.69) is 10.1 Å². The SMILES string of the molecule is COC(CCNC(=O)N1CC(C)CC(C(=O)O)C1)C(F)(F)F. The number of carboxylic acids is 1. The molecule has 0 saturated carbocycles. The van der Waals surface area contributed by atoms with Crippen LogP contribution in [0.5, 0.6) is 0 Å². The Hall–Kier alpha value is -1.51. The Bertz CT molecular complexity index is 403. The molecule has 0 aliphatic carbocycles. The number of amides is 2. The molecule has 0 aromatic heterocycles. The van der Waals surface area contributed by atoms with Crippen LogP contribution >= 0.6 is 0 Å². The third kappa shape index (κ3) is 5.36. The second-order valence-electron chi connectivity index (χ2n) is 5.57. The zero-order chi connectivity index (χ0) is 16.9. The fourth-order valence-corrected chi connectivity index (χ4v) is 2.53. The van der Waals surface area contributed by atoms with Crippen LogP contribution in [-0.2, 0) is 9.53 Å². The molecule has 128 valence electrons. The summed E-state index contributed by atoms with van der Waals surface area (Å²) in [5.41, 5.74) is 0. The number of nitrogens with zero attached hydrogens (tertiary/aromatic N) is 1. The van der Waals surface area contributed by atoms with Gasteiger partial charge in [-0.15, -0.1) is 0 Å². The highest BCUT2D eigenvalue weighted by Gasteiger charge is 2.39. The Kier molecular flexibility index (Phi) is 6.46. The highest BCUT2D eigenvalue weighted by Crippen LogP contribution is 2.24. The van der Waals surface area contributed by atoms with Gasteiger partial charge in [-0.1, -0.05) is 6.92 Å². The Labute approximate surface area is 126 Å². The van der Waals surface area contributed by atoms with E-state index in [1.807, 2.05) is 6.92 Å². The molecule has 0 bridgehead atoms. The number of ether oxygens (including phenoxy) is 1. The number of hydrogen-bond acceptors (Lipinski definition) is 3. The number of alkyl halides is 3. The lowest BCUT2D eigenvalue weighted by molar-refractivity contribution is -0.213. The van der Waals surface area contributed by atoms with Gasteiger partial charge >= 0.3 is 18.2 Å². The topological polar surface area (TPSA) is 78.9 Å². The van der Waals surface area contributed by atoms with Gasteiger partial charge in [0.15, 0.2) is 6.10 Å². The van der Waals surface area contributed by atoms with Crippen molar-refractivity contribution in [2.24, 2.45) is 11.8 Å². The van der Waals surface area contributed by atoms with Crippen molar-refractivity contribution in [1.29, 1.82) is 0 Å². The van der Waals surface area contributed by atoms with Crippen LogP contribution in [0.3, 0.4) is 0 Å². The number of hydrogen-bond donors (Lipinski definition) is 2. The molecule has 2 amide bonds. The second kappa shape index (κ2) is 7.66. The molecule has 1 heterocycles. The molecule has 1 aliphatic rings. The molecule has 2 N–H and O–H groups in total. The van der Waals surface area contributed by atoms with Crippen molar-refractivity contribution in [3.8, 4) is 0 Å². The normalized spacial score (nSPS) is 24.0. The molecular formula is C13H21F3N2O4. The average molecular weight is 326 g/mol. The van der Waals surface area contributed by atoms with Crippen LogP contribution in [0.15, 0.2) is 0 Å². The van der Waals surface area contributed by atoms with E-state index >= 15 is 0 Å². The van der Waals surface area contributed by atoms with Gasteiger partial charge in [-0.2, -0.15) is 13.2 Å². The van der Waals surface area contributed by atoms with E-state index in [9.17, 15) is 22.8 Å². The number of nitrogens with one attached hydrogen (secondary N) is 1. The number of rotatable bonds is 5. The first-order chi connectivity index (χ1) is 10.1. The third-order valence-electron chi connectivity index (χ3n) is 3.63. The van der Waals surface area contributed by atoms with E-state index in [4.69, 9.17) is 5.11 Å². The number of aliphatic carboxylic acids is 1. The highest BCUT2D eigenvalue weighted by atomic mass is 19.4. The number of carboxylic acid groups (broad SMARTS) is 1. The lowest BCUT2D eigenvalue weighted by atomic mass is 9.91. The predicted octanol–water partition coefficient (Wildman–Crippen LogP) is 1.71. The number of methoxy groups -OCH3 is 1.